The lowest BCUT2D eigenvalue weighted by Gasteiger charge is -2.24. The molecule has 1 N–H and O–H groups in total. The van der Waals surface area contributed by atoms with Crippen molar-refractivity contribution in [2.24, 2.45) is 0 Å². The smallest absolute Gasteiger partial charge is 0.151 e. The van der Waals surface area contributed by atoms with Crippen LogP contribution in [-0.2, 0) is 9.84 Å². The van der Waals surface area contributed by atoms with Crippen LogP contribution in [0.15, 0.2) is 12.2 Å². The summed E-state index contributed by atoms with van der Waals surface area (Å²) in [5.74, 6) is 0. The minimum atomic E-state index is -2.98. The third-order valence-corrected chi connectivity index (χ3v) is 4.15. The molecule has 0 fully saturated rings. The Hall–Kier alpha value is -0.350. The van der Waals surface area contributed by atoms with E-state index in [4.69, 9.17) is 0 Å². The molecule has 2 unspecified atom stereocenters. The predicted octanol–water partition coefficient (Wildman–Crippen LogP) is 1.75. The van der Waals surface area contributed by atoms with Gasteiger partial charge in [-0.3, -0.25) is 0 Å². The van der Waals surface area contributed by atoms with Gasteiger partial charge in [-0.1, -0.05) is 12.5 Å². The van der Waals surface area contributed by atoms with Crippen LogP contribution in [0, 0.1) is 0 Å². The predicted molar refractivity (Wildman–Crippen MR) is 65.8 cm³/mol. The lowest BCUT2D eigenvalue weighted by Crippen LogP contribution is -2.42. The number of hydrogen-bond acceptors (Lipinski definition) is 3. The lowest BCUT2D eigenvalue weighted by atomic mass is 10.1. The van der Waals surface area contributed by atoms with Crippen LogP contribution in [0.2, 0.25) is 0 Å². The van der Waals surface area contributed by atoms with Crippen molar-refractivity contribution in [1.82, 2.24) is 5.32 Å². The first-order valence-electron chi connectivity index (χ1n) is 5.35. The van der Waals surface area contributed by atoms with Crippen molar-refractivity contribution < 1.29 is 8.42 Å². The zero-order valence-corrected chi connectivity index (χ0v) is 11.0. The van der Waals surface area contributed by atoms with Gasteiger partial charge in [-0.25, -0.2) is 8.42 Å². The Morgan fingerprint density at radius 1 is 1.47 bits per heavy atom. The highest BCUT2D eigenvalue weighted by atomic mass is 32.2. The van der Waals surface area contributed by atoms with E-state index in [1.54, 1.807) is 6.92 Å². The minimum Gasteiger partial charge on any atom is -0.312 e. The van der Waals surface area contributed by atoms with E-state index in [-0.39, 0.29) is 11.3 Å². The van der Waals surface area contributed by atoms with Crippen LogP contribution in [0.5, 0.6) is 0 Å². The maximum absolute atomic E-state index is 11.4. The Labute approximate surface area is 93.9 Å². The summed E-state index contributed by atoms with van der Waals surface area (Å²) in [6.07, 6.45) is 3.01. The molecule has 0 heterocycles. The molecule has 4 heteroatoms. The van der Waals surface area contributed by atoms with Gasteiger partial charge in [0.05, 0.1) is 5.25 Å². The van der Waals surface area contributed by atoms with E-state index in [1.807, 2.05) is 6.92 Å². The minimum absolute atomic E-state index is 0.0163. The van der Waals surface area contributed by atoms with Gasteiger partial charge in [-0.2, -0.15) is 0 Å². The molecule has 3 nitrogen and oxygen atoms in total. The summed E-state index contributed by atoms with van der Waals surface area (Å²) >= 11 is 0. The summed E-state index contributed by atoms with van der Waals surface area (Å²) in [6, 6.07) is -0.0163. The SMILES string of the molecule is C=C(C)CC(NCCC)C(C)S(C)(=O)=O. The van der Waals surface area contributed by atoms with Gasteiger partial charge in [0, 0.05) is 12.3 Å². The van der Waals surface area contributed by atoms with E-state index in [9.17, 15) is 8.42 Å². The monoisotopic (exact) mass is 233 g/mol. The highest BCUT2D eigenvalue weighted by Crippen LogP contribution is 2.12. The Kier molecular flexibility index (Phi) is 6.13. The largest absolute Gasteiger partial charge is 0.312 e. The molecule has 0 saturated carbocycles. The Bertz CT molecular complexity index is 296. The number of hydrogen-bond donors (Lipinski definition) is 1. The van der Waals surface area contributed by atoms with E-state index < -0.39 is 9.84 Å². The summed E-state index contributed by atoms with van der Waals surface area (Å²) < 4.78 is 22.9. The molecule has 0 spiro atoms. The average Bonchev–Trinajstić information content (AvgIpc) is 2.09. The molecule has 0 rings (SSSR count). The van der Waals surface area contributed by atoms with E-state index in [0.29, 0.717) is 6.42 Å². The van der Waals surface area contributed by atoms with Gasteiger partial charge in [0.15, 0.2) is 9.84 Å². The number of nitrogens with one attached hydrogen (secondary N) is 1. The van der Waals surface area contributed by atoms with Crippen molar-refractivity contribution in [2.45, 2.75) is 44.9 Å². The van der Waals surface area contributed by atoms with Crippen LogP contribution in [0.25, 0.3) is 0 Å². The molecule has 0 saturated heterocycles. The van der Waals surface area contributed by atoms with Crippen molar-refractivity contribution in [3.8, 4) is 0 Å². The molecule has 0 aliphatic rings. The fourth-order valence-electron chi connectivity index (χ4n) is 1.41. The Morgan fingerprint density at radius 3 is 2.33 bits per heavy atom. The average molecular weight is 233 g/mol. The molecule has 90 valence electrons. The summed E-state index contributed by atoms with van der Waals surface area (Å²) in [7, 11) is -2.98. The first-order valence-corrected chi connectivity index (χ1v) is 7.31. The van der Waals surface area contributed by atoms with Crippen LogP contribution in [0.3, 0.4) is 0 Å². The van der Waals surface area contributed by atoms with E-state index in [1.165, 1.54) is 6.26 Å². The molecule has 0 aromatic rings. The van der Waals surface area contributed by atoms with Gasteiger partial charge in [0.25, 0.3) is 0 Å². The molecule has 0 amide bonds. The zero-order chi connectivity index (χ0) is 12.1. The first kappa shape index (κ1) is 14.6. The second-order valence-electron chi connectivity index (χ2n) is 4.26. The van der Waals surface area contributed by atoms with Gasteiger partial charge < -0.3 is 5.32 Å². The normalized spacial score (nSPS) is 16.0. The van der Waals surface area contributed by atoms with Gasteiger partial charge in [0.2, 0.25) is 0 Å². The topological polar surface area (TPSA) is 46.2 Å². The lowest BCUT2D eigenvalue weighted by molar-refractivity contribution is 0.481. The fourth-order valence-corrected chi connectivity index (χ4v) is 2.20. The second kappa shape index (κ2) is 6.28. The van der Waals surface area contributed by atoms with Gasteiger partial charge in [-0.05, 0) is 33.2 Å². The molecule has 0 aromatic carbocycles. The van der Waals surface area contributed by atoms with Crippen molar-refractivity contribution in [2.75, 3.05) is 12.8 Å². The molecule has 0 bridgehead atoms. The molecule has 0 aromatic heterocycles. The summed E-state index contributed by atoms with van der Waals surface area (Å²) in [5, 5.41) is 2.91. The zero-order valence-electron chi connectivity index (χ0n) is 10.2. The quantitative estimate of drug-likeness (QED) is 0.682. The first-order chi connectivity index (χ1) is 6.79. The van der Waals surface area contributed by atoms with Crippen molar-refractivity contribution in [1.29, 1.82) is 0 Å². The molecular formula is C11H23NO2S. The highest BCUT2D eigenvalue weighted by molar-refractivity contribution is 7.91. The van der Waals surface area contributed by atoms with Gasteiger partial charge in [-0.15, -0.1) is 6.58 Å². The molecule has 2 atom stereocenters. The summed E-state index contributed by atoms with van der Waals surface area (Å²) in [5.41, 5.74) is 1.01. The van der Waals surface area contributed by atoms with E-state index >= 15 is 0 Å². The third kappa shape index (κ3) is 5.95. The highest BCUT2D eigenvalue weighted by Gasteiger charge is 2.24. The van der Waals surface area contributed by atoms with Crippen LogP contribution < -0.4 is 5.32 Å². The standard InChI is InChI=1S/C11H23NO2S/c1-6-7-12-11(8-9(2)3)10(4)15(5,13)14/h10-12H,2,6-8H2,1,3-5H3. The van der Waals surface area contributed by atoms with Gasteiger partial charge >= 0.3 is 0 Å². The molecule has 15 heavy (non-hydrogen) atoms. The van der Waals surface area contributed by atoms with Crippen LogP contribution in [-0.4, -0.2) is 32.5 Å². The summed E-state index contributed by atoms with van der Waals surface area (Å²) in [4.78, 5) is 0. The molecule has 0 aliphatic heterocycles. The van der Waals surface area contributed by atoms with E-state index in [2.05, 4.69) is 18.8 Å². The maximum Gasteiger partial charge on any atom is 0.151 e. The Morgan fingerprint density at radius 2 is 2.00 bits per heavy atom. The molecule has 0 radical (unpaired) electrons. The fraction of sp³-hybridized carbons (Fsp3) is 0.818. The third-order valence-electron chi connectivity index (χ3n) is 2.47. The van der Waals surface area contributed by atoms with Gasteiger partial charge in [0.1, 0.15) is 0 Å². The maximum atomic E-state index is 11.4. The summed E-state index contributed by atoms with van der Waals surface area (Å²) in [6.45, 7) is 10.4. The van der Waals surface area contributed by atoms with Crippen molar-refractivity contribution in [3.63, 3.8) is 0 Å². The Balaban J connectivity index is 4.54. The molecule has 0 aliphatic carbocycles. The van der Waals surface area contributed by atoms with Crippen LogP contribution in [0.1, 0.15) is 33.6 Å². The second-order valence-corrected chi connectivity index (χ2v) is 6.66. The van der Waals surface area contributed by atoms with Crippen molar-refractivity contribution >= 4 is 9.84 Å². The van der Waals surface area contributed by atoms with Crippen LogP contribution >= 0.6 is 0 Å². The van der Waals surface area contributed by atoms with Crippen LogP contribution in [0.4, 0.5) is 0 Å². The number of sulfone groups is 1. The van der Waals surface area contributed by atoms with E-state index in [0.717, 1.165) is 18.5 Å². The van der Waals surface area contributed by atoms with Crippen molar-refractivity contribution in [3.05, 3.63) is 12.2 Å². The molecular weight excluding hydrogens is 210 g/mol. The number of rotatable bonds is 7.